The Hall–Kier alpha value is -1.59. The summed E-state index contributed by atoms with van der Waals surface area (Å²) in [5, 5.41) is 3.10. The third-order valence-corrected chi connectivity index (χ3v) is 4.62. The highest BCUT2D eigenvalue weighted by Crippen LogP contribution is 2.37. The minimum absolute atomic E-state index is 0.657. The average Bonchev–Trinajstić information content (AvgIpc) is 3.44. The van der Waals surface area contributed by atoms with Gasteiger partial charge in [0.25, 0.3) is 0 Å². The van der Waals surface area contributed by atoms with Gasteiger partial charge in [-0.1, -0.05) is 0 Å². The van der Waals surface area contributed by atoms with Gasteiger partial charge < -0.3 is 15.1 Å². The van der Waals surface area contributed by atoms with E-state index in [1.165, 1.54) is 38.5 Å². The van der Waals surface area contributed by atoms with Crippen molar-refractivity contribution in [1.82, 2.24) is 15.0 Å². The maximum absolute atomic E-state index is 4.80. The van der Waals surface area contributed by atoms with E-state index in [1.54, 1.807) is 0 Å². The molecule has 0 spiro atoms. The molecule has 1 aromatic heterocycles. The van der Waals surface area contributed by atoms with Crippen molar-refractivity contribution in [1.29, 1.82) is 0 Å². The van der Waals surface area contributed by atoms with Crippen LogP contribution >= 0.6 is 0 Å². The molecule has 2 heterocycles. The van der Waals surface area contributed by atoms with Crippen LogP contribution in [0.2, 0.25) is 0 Å². The van der Waals surface area contributed by atoms with Gasteiger partial charge in [-0.25, -0.2) is 0 Å². The summed E-state index contributed by atoms with van der Waals surface area (Å²) in [6.45, 7) is 3.26. The first kappa shape index (κ1) is 13.1. The topological polar surface area (TPSA) is 57.2 Å². The van der Waals surface area contributed by atoms with E-state index in [-0.39, 0.29) is 0 Å². The summed E-state index contributed by atoms with van der Waals surface area (Å²) >= 11 is 0. The first-order chi connectivity index (χ1) is 10.3. The van der Waals surface area contributed by atoms with Gasteiger partial charge in [-0.2, -0.15) is 15.0 Å². The standard InChI is InChI=1S/C15H24N6/c1-16-13-17-14(20-8-2-3-9-20)19-15(18-13)21(12-6-7-12)10-11-4-5-11/h11-12H,2-10H2,1H3,(H,16,17,18,19). The summed E-state index contributed by atoms with van der Waals surface area (Å²) in [5.41, 5.74) is 0. The fourth-order valence-corrected chi connectivity index (χ4v) is 3.01. The number of rotatable bonds is 6. The molecule has 1 aromatic rings. The van der Waals surface area contributed by atoms with E-state index in [1.807, 2.05) is 7.05 Å². The normalized spacial score (nSPS) is 21.7. The maximum Gasteiger partial charge on any atom is 0.232 e. The van der Waals surface area contributed by atoms with Crippen molar-refractivity contribution in [3.8, 4) is 0 Å². The van der Waals surface area contributed by atoms with Gasteiger partial charge in [0.2, 0.25) is 17.8 Å². The predicted octanol–water partition coefficient (Wildman–Crippen LogP) is 1.89. The van der Waals surface area contributed by atoms with Gasteiger partial charge in [0.05, 0.1) is 0 Å². The summed E-state index contributed by atoms with van der Waals surface area (Å²) in [6.07, 6.45) is 7.78. The summed E-state index contributed by atoms with van der Waals surface area (Å²) in [5.74, 6) is 3.29. The van der Waals surface area contributed by atoms with Crippen molar-refractivity contribution >= 4 is 17.8 Å². The monoisotopic (exact) mass is 288 g/mol. The van der Waals surface area contributed by atoms with Gasteiger partial charge >= 0.3 is 0 Å². The molecule has 0 unspecified atom stereocenters. The van der Waals surface area contributed by atoms with Gasteiger partial charge in [-0.3, -0.25) is 0 Å². The molecule has 114 valence electrons. The second kappa shape index (κ2) is 5.31. The molecule has 21 heavy (non-hydrogen) atoms. The van der Waals surface area contributed by atoms with E-state index >= 15 is 0 Å². The van der Waals surface area contributed by atoms with Gasteiger partial charge in [-0.05, 0) is 44.4 Å². The molecule has 3 fully saturated rings. The van der Waals surface area contributed by atoms with Crippen LogP contribution in [0.3, 0.4) is 0 Å². The lowest BCUT2D eigenvalue weighted by molar-refractivity contribution is 0.692. The fourth-order valence-electron chi connectivity index (χ4n) is 3.01. The number of anilines is 3. The Morgan fingerprint density at radius 1 is 1.10 bits per heavy atom. The Bertz CT molecular complexity index is 505. The molecule has 0 atom stereocenters. The van der Waals surface area contributed by atoms with Crippen molar-refractivity contribution in [2.24, 2.45) is 5.92 Å². The molecule has 1 aliphatic heterocycles. The number of aromatic nitrogens is 3. The van der Waals surface area contributed by atoms with Crippen LogP contribution in [0.5, 0.6) is 0 Å². The predicted molar refractivity (Wildman–Crippen MR) is 83.9 cm³/mol. The largest absolute Gasteiger partial charge is 0.357 e. The molecule has 6 heteroatoms. The molecule has 0 aromatic carbocycles. The Balaban J connectivity index is 1.63. The average molecular weight is 288 g/mol. The lowest BCUT2D eigenvalue weighted by Gasteiger charge is -2.24. The second-order valence-corrected chi connectivity index (χ2v) is 6.53. The molecule has 6 nitrogen and oxygen atoms in total. The quantitative estimate of drug-likeness (QED) is 0.862. The summed E-state index contributed by atoms with van der Waals surface area (Å²) in [6, 6.07) is 0.657. The van der Waals surface area contributed by atoms with Crippen molar-refractivity contribution in [3.63, 3.8) is 0 Å². The minimum atomic E-state index is 0.657. The Morgan fingerprint density at radius 2 is 1.86 bits per heavy atom. The minimum Gasteiger partial charge on any atom is -0.357 e. The third kappa shape index (κ3) is 2.89. The molecule has 0 bridgehead atoms. The van der Waals surface area contributed by atoms with E-state index in [0.29, 0.717) is 12.0 Å². The molecular formula is C15H24N6. The zero-order valence-electron chi connectivity index (χ0n) is 12.8. The summed E-state index contributed by atoms with van der Waals surface area (Å²) in [7, 11) is 1.88. The first-order valence-electron chi connectivity index (χ1n) is 8.29. The highest BCUT2D eigenvalue weighted by Gasteiger charge is 2.35. The van der Waals surface area contributed by atoms with Crippen molar-refractivity contribution in [3.05, 3.63) is 0 Å². The van der Waals surface area contributed by atoms with E-state index in [9.17, 15) is 0 Å². The first-order valence-corrected chi connectivity index (χ1v) is 8.29. The van der Waals surface area contributed by atoms with Gasteiger partial charge in [0.15, 0.2) is 0 Å². The molecule has 0 radical (unpaired) electrons. The molecule has 2 saturated carbocycles. The Labute approximate surface area is 126 Å². The number of hydrogen-bond acceptors (Lipinski definition) is 6. The van der Waals surface area contributed by atoms with E-state index in [4.69, 9.17) is 4.98 Å². The van der Waals surface area contributed by atoms with Crippen LogP contribution in [0, 0.1) is 5.92 Å². The maximum atomic E-state index is 4.80. The highest BCUT2D eigenvalue weighted by molar-refractivity contribution is 5.47. The van der Waals surface area contributed by atoms with Gasteiger partial charge in [0.1, 0.15) is 0 Å². The molecule has 1 N–H and O–H groups in total. The van der Waals surface area contributed by atoms with Crippen molar-refractivity contribution in [2.75, 3.05) is 41.8 Å². The third-order valence-electron chi connectivity index (χ3n) is 4.62. The zero-order valence-corrected chi connectivity index (χ0v) is 12.8. The Morgan fingerprint density at radius 3 is 2.48 bits per heavy atom. The fraction of sp³-hybridized carbons (Fsp3) is 0.800. The molecular weight excluding hydrogens is 264 g/mol. The molecule has 3 aliphatic rings. The number of hydrogen-bond donors (Lipinski definition) is 1. The molecule has 0 amide bonds. The van der Waals surface area contributed by atoms with E-state index < -0.39 is 0 Å². The SMILES string of the molecule is CNc1nc(N2CCCC2)nc(N(CC2CC2)C2CC2)n1. The van der Waals surface area contributed by atoms with Crippen molar-refractivity contribution < 1.29 is 0 Å². The van der Waals surface area contributed by atoms with Crippen LogP contribution in [-0.4, -0.2) is 47.7 Å². The summed E-state index contributed by atoms with van der Waals surface area (Å²) in [4.78, 5) is 18.7. The van der Waals surface area contributed by atoms with Crippen molar-refractivity contribution in [2.45, 2.75) is 44.6 Å². The van der Waals surface area contributed by atoms with E-state index in [2.05, 4.69) is 25.1 Å². The lowest BCUT2D eigenvalue weighted by Crippen LogP contribution is -2.31. The zero-order chi connectivity index (χ0) is 14.2. The number of nitrogens with zero attached hydrogens (tertiary/aromatic N) is 5. The summed E-state index contributed by atoms with van der Waals surface area (Å²) < 4.78 is 0. The Kier molecular flexibility index (Phi) is 3.31. The van der Waals surface area contributed by atoms with E-state index in [0.717, 1.165) is 37.4 Å². The lowest BCUT2D eigenvalue weighted by atomic mass is 10.3. The van der Waals surface area contributed by atoms with Crippen LogP contribution in [0.4, 0.5) is 17.8 Å². The molecule has 1 saturated heterocycles. The van der Waals surface area contributed by atoms with Crippen LogP contribution in [0.1, 0.15) is 38.5 Å². The van der Waals surface area contributed by atoms with Crippen LogP contribution in [0.25, 0.3) is 0 Å². The van der Waals surface area contributed by atoms with Gasteiger partial charge in [0, 0.05) is 32.7 Å². The molecule has 2 aliphatic carbocycles. The highest BCUT2D eigenvalue weighted by atomic mass is 15.4. The van der Waals surface area contributed by atoms with Crippen LogP contribution in [0.15, 0.2) is 0 Å². The number of nitrogens with one attached hydrogen (secondary N) is 1. The smallest absolute Gasteiger partial charge is 0.232 e. The molecule has 4 rings (SSSR count). The van der Waals surface area contributed by atoms with Gasteiger partial charge in [-0.15, -0.1) is 0 Å². The van der Waals surface area contributed by atoms with Crippen LogP contribution < -0.4 is 15.1 Å². The second-order valence-electron chi connectivity index (χ2n) is 6.53. The van der Waals surface area contributed by atoms with Crippen LogP contribution in [-0.2, 0) is 0 Å².